The molecule has 0 unspecified atom stereocenters. The highest BCUT2D eigenvalue weighted by atomic mass is 15.0. The van der Waals surface area contributed by atoms with Crippen LogP contribution in [-0.4, -0.2) is 19.0 Å². The van der Waals surface area contributed by atoms with E-state index in [2.05, 4.69) is 18.9 Å². The van der Waals surface area contributed by atoms with Crippen LogP contribution in [0.15, 0.2) is 0 Å². The molecule has 0 atom stereocenters. The Morgan fingerprint density at radius 2 is 2.00 bits per heavy atom. The van der Waals surface area contributed by atoms with Crippen LogP contribution in [0.1, 0.15) is 19.8 Å². The standard InChI is InChI=1S/C7H13N/c1-4-5-6-7-8(2)3/h4-5H2,1-3H3. The first kappa shape index (κ1) is 7.36. The lowest BCUT2D eigenvalue weighted by molar-refractivity contribution is 0.596. The Kier molecular flexibility index (Phi) is 4.16. The fraction of sp³-hybridized carbons (Fsp3) is 0.714. The van der Waals surface area contributed by atoms with Gasteiger partial charge in [0.25, 0.3) is 0 Å². The van der Waals surface area contributed by atoms with Crippen LogP contribution in [0.5, 0.6) is 0 Å². The minimum atomic E-state index is 1.01. The molecule has 1 heteroatoms. The zero-order valence-electron chi connectivity index (χ0n) is 5.86. The molecule has 0 amide bonds. The van der Waals surface area contributed by atoms with Crippen LogP contribution in [-0.2, 0) is 0 Å². The van der Waals surface area contributed by atoms with E-state index in [0.29, 0.717) is 0 Å². The summed E-state index contributed by atoms with van der Waals surface area (Å²) in [6.07, 6.45) is 2.17. The second-order valence-electron chi connectivity index (χ2n) is 1.93. The maximum atomic E-state index is 3.01. The van der Waals surface area contributed by atoms with E-state index in [1.54, 1.807) is 0 Å². The molecule has 46 valence electrons. The van der Waals surface area contributed by atoms with Crippen LogP contribution < -0.4 is 0 Å². The van der Waals surface area contributed by atoms with E-state index in [4.69, 9.17) is 0 Å². The van der Waals surface area contributed by atoms with Gasteiger partial charge in [-0.1, -0.05) is 12.8 Å². The van der Waals surface area contributed by atoms with Gasteiger partial charge in [0.1, 0.15) is 0 Å². The van der Waals surface area contributed by atoms with Gasteiger partial charge in [0.05, 0.1) is 0 Å². The van der Waals surface area contributed by atoms with Crippen molar-refractivity contribution < 1.29 is 0 Å². The molecule has 0 aliphatic carbocycles. The maximum absolute atomic E-state index is 3.01. The topological polar surface area (TPSA) is 3.24 Å². The number of unbranched alkanes of at least 4 members (excludes halogenated alkanes) is 1. The molecule has 0 aliphatic rings. The molecule has 0 rings (SSSR count). The van der Waals surface area contributed by atoms with E-state index in [1.807, 2.05) is 19.0 Å². The van der Waals surface area contributed by atoms with Gasteiger partial charge < -0.3 is 4.90 Å². The van der Waals surface area contributed by atoms with Gasteiger partial charge in [-0.25, -0.2) is 0 Å². The van der Waals surface area contributed by atoms with Crippen LogP contribution in [0.4, 0.5) is 0 Å². The lowest BCUT2D eigenvalue weighted by atomic mass is 10.4. The van der Waals surface area contributed by atoms with E-state index in [-0.39, 0.29) is 0 Å². The lowest BCUT2D eigenvalue weighted by Gasteiger charge is -1.96. The van der Waals surface area contributed by atoms with Crippen molar-refractivity contribution in [1.82, 2.24) is 4.90 Å². The molecule has 0 aliphatic heterocycles. The van der Waals surface area contributed by atoms with Gasteiger partial charge in [0.15, 0.2) is 0 Å². The van der Waals surface area contributed by atoms with E-state index in [9.17, 15) is 0 Å². The summed E-state index contributed by atoms with van der Waals surface area (Å²) < 4.78 is 0. The molecule has 0 aromatic rings. The van der Waals surface area contributed by atoms with E-state index >= 15 is 0 Å². The van der Waals surface area contributed by atoms with Crippen LogP contribution in [0, 0.1) is 12.0 Å². The summed E-state index contributed by atoms with van der Waals surface area (Å²) in [6.45, 7) is 2.13. The Hall–Kier alpha value is -0.640. The van der Waals surface area contributed by atoms with Crippen molar-refractivity contribution in [2.24, 2.45) is 0 Å². The van der Waals surface area contributed by atoms with Crippen LogP contribution in [0.2, 0.25) is 0 Å². The third kappa shape index (κ3) is 5.36. The van der Waals surface area contributed by atoms with E-state index in [0.717, 1.165) is 12.8 Å². The zero-order valence-corrected chi connectivity index (χ0v) is 5.86. The lowest BCUT2D eigenvalue weighted by Crippen LogP contribution is -2.00. The van der Waals surface area contributed by atoms with Gasteiger partial charge >= 0.3 is 0 Å². The van der Waals surface area contributed by atoms with E-state index < -0.39 is 0 Å². The van der Waals surface area contributed by atoms with Crippen LogP contribution >= 0.6 is 0 Å². The van der Waals surface area contributed by atoms with Crippen molar-refractivity contribution in [1.29, 1.82) is 0 Å². The Labute approximate surface area is 51.7 Å². The zero-order chi connectivity index (χ0) is 6.41. The Bertz CT molecular complexity index is 94.7. The summed E-state index contributed by atoms with van der Waals surface area (Å²) in [5.74, 6) is 3.01. The van der Waals surface area contributed by atoms with Gasteiger partial charge in [-0.05, 0) is 6.42 Å². The Balaban J connectivity index is 3.20. The minimum absolute atomic E-state index is 1.01. The average Bonchev–Trinajstić information content (AvgIpc) is 1.66. The van der Waals surface area contributed by atoms with E-state index in [1.165, 1.54) is 0 Å². The Morgan fingerprint density at radius 1 is 1.38 bits per heavy atom. The monoisotopic (exact) mass is 111 g/mol. The molecule has 0 heterocycles. The number of rotatable bonds is 1. The maximum Gasteiger partial charge on any atom is 0.0144 e. The molecule has 0 fully saturated rings. The summed E-state index contributed by atoms with van der Waals surface area (Å²) >= 11 is 0. The molecular formula is C7H13N. The molecular weight excluding hydrogens is 98.1 g/mol. The van der Waals surface area contributed by atoms with Crippen molar-refractivity contribution in [2.45, 2.75) is 19.8 Å². The highest BCUT2D eigenvalue weighted by Gasteiger charge is 1.71. The number of hydrogen-bond donors (Lipinski definition) is 0. The molecule has 0 radical (unpaired) electrons. The summed E-state index contributed by atoms with van der Waals surface area (Å²) in [7, 11) is 3.89. The minimum Gasteiger partial charge on any atom is -0.339 e. The molecule has 0 bridgehead atoms. The quantitative estimate of drug-likeness (QED) is 0.364. The molecule has 0 N–H and O–H groups in total. The SMILES string of the molecule is CCCC#CN(C)C. The normalized spacial score (nSPS) is 7.38. The average molecular weight is 111 g/mol. The largest absolute Gasteiger partial charge is 0.339 e. The number of nitrogens with zero attached hydrogens (tertiary/aromatic N) is 1. The fourth-order valence-electron chi connectivity index (χ4n) is 0.339. The second kappa shape index (κ2) is 4.52. The molecule has 0 aromatic heterocycles. The van der Waals surface area contributed by atoms with Crippen molar-refractivity contribution in [3.63, 3.8) is 0 Å². The summed E-state index contributed by atoms with van der Waals surface area (Å²) in [5, 5.41) is 0. The van der Waals surface area contributed by atoms with Gasteiger partial charge in [-0.3, -0.25) is 0 Å². The highest BCUT2D eigenvalue weighted by Crippen LogP contribution is 1.80. The second-order valence-corrected chi connectivity index (χ2v) is 1.93. The van der Waals surface area contributed by atoms with Gasteiger partial charge in [0.2, 0.25) is 0 Å². The van der Waals surface area contributed by atoms with Crippen molar-refractivity contribution in [2.75, 3.05) is 14.1 Å². The molecule has 1 nitrogen and oxygen atoms in total. The van der Waals surface area contributed by atoms with Crippen molar-refractivity contribution in [3.05, 3.63) is 0 Å². The molecule has 0 saturated heterocycles. The van der Waals surface area contributed by atoms with Crippen LogP contribution in [0.25, 0.3) is 0 Å². The van der Waals surface area contributed by atoms with Gasteiger partial charge in [0, 0.05) is 26.6 Å². The third-order valence-electron chi connectivity index (χ3n) is 0.678. The van der Waals surface area contributed by atoms with Crippen molar-refractivity contribution >= 4 is 0 Å². The van der Waals surface area contributed by atoms with Crippen molar-refractivity contribution in [3.8, 4) is 12.0 Å². The van der Waals surface area contributed by atoms with Gasteiger partial charge in [-0.2, -0.15) is 0 Å². The first-order valence-corrected chi connectivity index (χ1v) is 2.93. The summed E-state index contributed by atoms with van der Waals surface area (Å²) in [4.78, 5) is 1.87. The summed E-state index contributed by atoms with van der Waals surface area (Å²) in [6, 6.07) is 2.93. The first-order valence-electron chi connectivity index (χ1n) is 2.93. The van der Waals surface area contributed by atoms with Gasteiger partial charge in [-0.15, -0.1) is 0 Å². The predicted molar refractivity (Wildman–Crippen MR) is 36.4 cm³/mol. The first-order chi connectivity index (χ1) is 3.77. The summed E-state index contributed by atoms with van der Waals surface area (Å²) in [5.41, 5.74) is 0. The molecule has 0 spiro atoms. The third-order valence-corrected chi connectivity index (χ3v) is 0.678. The van der Waals surface area contributed by atoms with Crippen LogP contribution in [0.3, 0.4) is 0 Å². The predicted octanol–water partition coefficient (Wildman–Crippen LogP) is 1.31. The highest BCUT2D eigenvalue weighted by molar-refractivity contribution is 4.95. The fourth-order valence-corrected chi connectivity index (χ4v) is 0.339. The Morgan fingerprint density at radius 3 is 2.38 bits per heavy atom. The molecule has 8 heavy (non-hydrogen) atoms. The number of hydrogen-bond acceptors (Lipinski definition) is 1. The molecule has 0 aromatic carbocycles. The smallest absolute Gasteiger partial charge is 0.0144 e. The molecule has 0 saturated carbocycles.